The van der Waals surface area contributed by atoms with E-state index in [2.05, 4.69) is 20.6 Å². The highest BCUT2D eigenvalue weighted by Gasteiger charge is 2.41. The van der Waals surface area contributed by atoms with Crippen LogP contribution < -0.4 is 15.4 Å². The molecule has 2 heterocycles. The number of rotatable bonds is 9. The predicted octanol–water partition coefficient (Wildman–Crippen LogP) is 4.38. The molecule has 3 aromatic rings. The summed E-state index contributed by atoms with van der Waals surface area (Å²) in [6, 6.07) is 5.97. The lowest BCUT2D eigenvalue weighted by atomic mass is 9.94. The number of nitrogens with zero attached hydrogens (tertiary/aromatic N) is 3. The lowest BCUT2D eigenvalue weighted by molar-refractivity contribution is -0.125. The van der Waals surface area contributed by atoms with E-state index in [1.807, 2.05) is 0 Å². The lowest BCUT2D eigenvalue weighted by Gasteiger charge is -2.26. The zero-order chi connectivity index (χ0) is 30.9. The van der Waals surface area contributed by atoms with Crippen LogP contribution in [0.4, 0.5) is 14.7 Å². The summed E-state index contributed by atoms with van der Waals surface area (Å²) in [5.41, 5.74) is 1.43. The van der Waals surface area contributed by atoms with Crippen molar-refractivity contribution in [1.29, 1.82) is 0 Å². The van der Waals surface area contributed by atoms with Crippen LogP contribution in [-0.2, 0) is 21.4 Å². The minimum absolute atomic E-state index is 0.00137. The van der Waals surface area contributed by atoms with Gasteiger partial charge in [-0.3, -0.25) is 4.79 Å². The van der Waals surface area contributed by atoms with Gasteiger partial charge < -0.3 is 20.5 Å². The third-order valence-corrected chi connectivity index (χ3v) is 10.1. The topological polar surface area (TPSA) is 134 Å². The molecular weight excluding hydrogens is 604 g/mol. The fourth-order valence-electron chi connectivity index (χ4n) is 5.41. The van der Waals surface area contributed by atoms with Gasteiger partial charge in [-0.05, 0) is 49.1 Å². The van der Waals surface area contributed by atoms with E-state index in [-0.39, 0.29) is 39.4 Å². The number of aromatic nitrogens is 2. The summed E-state index contributed by atoms with van der Waals surface area (Å²) in [7, 11) is -2.76. The number of carbonyl (C=O) groups excluding carboxylic acids is 1. The van der Waals surface area contributed by atoms with Gasteiger partial charge in [-0.1, -0.05) is 36.6 Å². The van der Waals surface area contributed by atoms with Gasteiger partial charge in [0.15, 0.2) is 0 Å². The average molecular weight is 636 g/mol. The number of carbonyl (C=O) groups is 1. The molecule has 4 atom stereocenters. The lowest BCUT2D eigenvalue weighted by Crippen LogP contribution is -2.46. The number of alkyl halides is 1. The number of ether oxygens (including phenoxy) is 1. The first-order valence-electron chi connectivity index (χ1n) is 13.9. The molecule has 2 unspecified atom stereocenters. The number of fused-ring (bicyclic) bond motifs is 1. The number of anilines is 1. The predicted molar refractivity (Wildman–Crippen MR) is 156 cm³/mol. The molecule has 5 rings (SSSR count). The number of aliphatic hydroxyl groups is 1. The molecule has 0 saturated heterocycles. The van der Waals surface area contributed by atoms with Gasteiger partial charge in [0.2, 0.25) is 21.9 Å². The normalized spacial score (nSPS) is 21.1. The van der Waals surface area contributed by atoms with Crippen molar-refractivity contribution in [2.75, 3.05) is 19.0 Å². The third-order valence-electron chi connectivity index (χ3n) is 7.84. The second-order valence-electron chi connectivity index (χ2n) is 10.7. The van der Waals surface area contributed by atoms with Gasteiger partial charge in [-0.25, -0.2) is 27.2 Å². The molecule has 0 spiro atoms. The molecule has 1 fully saturated rings. The molecule has 2 aliphatic rings. The number of hydrogen-bond acceptors (Lipinski definition) is 8. The Kier molecular flexibility index (Phi) is 9.16. The summed E-state index contributed by atoms with van der Waals surface area (Å²) in [4.78, 5) is 21.8. The van der Waals surface area contributed by atoms with Crippen molar-refractivity contribution in [1.82, 2.24) is 19.6 Å². The van der Waals surface area contributed by atoms with Crippen molar-refractivity contribution in [3.8, 4) is 17.0 Å². The molecule has 43 heavy (non-hydrogen) atoms. The number of halogens is 3. The van der Waals surface area contributed by atoms with Crippen molar-refractivity contribution in [2.45, 2.75) is 68.3 Å². The maximum absolute atomic E-state index is 14.4. The minimum Gasteiger partial charge on any atom is -0.497 e. The quantitative estimate of drug-likeness (QED) is 0.316. The number of hydrogen-bond donors (Lipinski definition) is 3. The number of amides is 1. The van der Waals surface area contributed by atoms with Gasteiger partial charge in [0.25, 0.3) is 0 Å². The molecule has 0 radical (unpaired) electrons. The second kappa shape index (κ2) is 12.7. The van der Waals surface area contributed by atoms with Crippen molar-refractivity contribution in [3.05, 3.63) is 64.6 Å². The Balaban J connectivity index is 1.35. The van der Waals surface area contributed by atoms with Gasteiger partial charge >= 0.3 is 0 Å². The number of benzene rings is 2. The maximum atomic E-state index is 14.4. The van der Waals surface area contributed by atoms with Crippen LogP contribution >= 0.6 is 11.6 Å². The molecule has 2 aromatic carbocycles. The van der Waals surface area contributed by atoms with E-state index < -0.39 is 52.7 Å². The molecule has 0 bridgehead atoms. The van der Waals surface area contributed by atoms with Gasteiger partial charge in [-0.2, -0.15) is 4.31 Å². The van der Waals surface area contributed by atoms with Gasteiger partial charge in [0.1, 0.15) is 23.8 Å². The highest BCUT2D eigenvalue weighted by Crippen LogP contribution is 2.37. The first-order chi connectivity index (χ1) is 20.5. The molecule has 1 amide bonds. The Morgan fingerprint density at radius 1 is 1.23 bits per heavy atom. The van der Waals surface area contributed by atoms with E-state index in [0.717, 1.165) is 29.3 Å². The van der Waals surface area contributed by atoms with Gasteiger partial charge in [0.05, 0.1) is 47.6 Å². The number of methoxy groups -OCH3 is 1. The Hall–Kier alpha value is -3.39. The summed E-state index contributed by atoms with van der Waals surface area (Å²) in [5.74, 6) is -0.895. The van der Waals surface area contributed by atoms with Crippen molar-refractivity contribution < 1.29 is 31.8 Å². The Morgan fingerprint density at radius 3 is 2.72 bits per heavy atom. The average Bonchev–Trinajstić information content (AvgIpc) is 3.26. The van der Waals surface area contributed by atoms with Gasteiger partial charge in [0, 0.05) is 18.2 Å². The second-order valence-corrected chi connectivity index (χ2v) is 12.9. The first kappa shape index (κ1) is 31.0. The van der Waals surface area contributed by atoms with E-state index >= 15 is 0 Å². The number of nitrogens with one attached hydrogen (secondary N) is 2. The summed E-state index contributed by atoms with van der Waals surface area (Å²) in [5, 5.41) is 15.7. The van der Waals surface area contributed by atoms with Crippen molar-refractivity contribution in [2.24, 2.45) is 0 Å². The van der Waals surface area contributed by atoms with Crippen LogP contribution in [0.2, 0.25) is 5.02 Å². The summed E-state index contributed by atoms with van der Waals surface area (Å²) in [6.07, 6.45) is 3.21. The SMILES string of the molecule is COc1cc(F)cc([C@@H](CO)NC(=O)[C@@H](C)N2Cc3ccc(-c4nc(NC5CCCCC5F)ncc4Cl)cc3S2(=O)=O)c1. The molecule has 1 aromatic heterocycles. The maximum Gasteiger partial charge on any atom is 0.244 e. The van der Waals surface area contributed by atoms with E-state index in [1.54, 1.807) is 12.1 Å². The highest BCUT2D eigenvalue weighted by atomic mass is 35.5. The van der Waals surface area contributed by atoms with Crippen molar-refractivity contribution >= 4 is 33.5 Å². The van der Waals surface area contributed by atoms with Crippen LogP contribution in [0, 0.1) is 5.82 Å². The minimum atomic E-state index is -4.12. The highest BCUT2D eigenvalue weighted by molar-refractivity contribution is 7.89. The van der Waals surface area contributed by atoms with Crippen LogP contribution in [0.15, 0.2) is 47.5 Å². The summed E-state index contributed by atoms with van der Waals surface area (Å²) >= 11 is 6.39. The Labute approximate surface area is 253 Å². The Morgan fingerprint density at radius 2 is 2.00 bits per heavy atom. The molecule has 14 heteroatoms. The van der Waals surface area contributed by atoms with Crippen molar-refractivity contribution in [3.63, 3.8) is 0 Å². The molecule has 1 aliphatic carbocycles. The van der Waals surface area contributed by atoms with E-state index in [0.29, 0.717) is 24.0 Å². The summed E-state index contributed by atoms with van der Waals surface area (Å²) < 4.78 is 61.8. The van der Waals surface area contributed by atoms with E-state index in [9.17, 15) is 27.1 Å². The van der Waals surface area contributed by atoms with Crippen LogP contribution in [0.1, 0.15) is 49.8 Å². The molecule has 230 valence electrons. The summed E-state index contributed by atoms with van der Waals surface area (Å²) in [6.45, 7) is 0.821. The fraction of sp³-hybridized carbons (Fsp3) is 0.414. The monoisotopic (exact) mass is 635 g/mol. The van der Waals surface area contributed by atoms with Crippen LogP contribution in [0.5, 0.6) is 5.75 Å². The smallest absolute Gasteiger partial charge is 0.244 e. The molecule has 10 nitrogen and oxygen atoms in total. The van der Waals surface area contributed by atoms with E-state index in [1.165, 1.54) is 32.4 Å². The molecule has 1 aliphatic heterocycles. The molecule has 1 saturated carbocycles. The standard InChI is InChI=1S/C29H32ClF2N5O5S/c1-16(28(39)34-25(15-38)19-9-20(31)12-21(10-19)42-2)37-14-18-8-7-17(11-26(18)43(37,40)41)27-22(30)13-33-29(36-27)35-24-6-4-3-5-23(24)32/h7-13,16,23-25,38H,3-6,14-15H2,1-2H3,(H,34,39)(H,33,35,36)/t16-,23?,24?,25-/m1/s1. The largest absolute Gasteiger partial charge is 0.497 e. The van der Waals surface area contributed by atoms with Crippen LogP contribution in [0.25, 0.3) is 11.3 Å². The van der Waals surface area contributed by atoms with E-state index in [4.69, 9.17) is 16.3 Å². The third kappa shape index (κ3) is 6.44. The zero-order valence-corrected chi connectivity index (χ0v) is 25.1. The molecular formula is C29H32ClF2N5O5S. The van der Waals surface area contributed by atoms with Crippen LogP contribution in [-0.4, -0.2) is 65.7 Å². The molecule has 3 N–H and O–H groups in total. The number of sulfonamides is 1. The first-order valence-corrected chi connectivity index (χ1v) is 15.7. The number of aliphatic hydroxyl groups excluding tert-OH is 1. The Bertz CT molecular complexity index is 1630. The van der Waals surface area contributed by atoms with Gasteiger partial charge in [-0.15, -0.1) is 0 Å². The fourth-order valence-corrected chi connectivity index (χ4v) is 7.42. The zero-order valence-electron chi connectivity index (χ0n) is 23.6. The van der Waals surface area contributed by atoms with Crippen LogP contribution in [0.3, 0.4) is 0 Å².